The van der Waals surface area contributed by atoms with E-state index in [2.05, 4.69) is 4.74 Å². The third-order valence-corrected chi connectivity index (χ3v) is 1.69. The number of allylic oxidation sites excluding steroid dienone is 1. The van der Waals surface area contributed by atoms with Crippen molar-refractivity contribution in [3.05, 3.63) is 47.7 Å². The first-order chi connectivity index (χ1) is 6.86. The maximum absolute atomic E-state index is 9.85. The van der Waals surface area contributed by atoms with Gasteiger partial charge < -0.3 is 4.74 Å². The first-order valence-electron chi connectivity index (χ1n) is 4.35. The van der Waals surface area contributed by atoms with E-state index in [0.717, 1.165) is 11.1 Å². The monoisotopic (exact) mass is 188 g/mol. The number of carbonyl (C=O) groups excluding carboxylic acids is 1. The van der Waals surface area contributed by atoms with E-state index in [-0.39, 0.29) is 0 Å². The summed E-state index contributed by atoms with van der Waals surface area (Å²) in [5, 5.41) is 0. The van der Waals surface area contributed by atoms with Gasteiger partial charge in [0, 0.05) is 0 Å². The molecule has 0 atom stereocenters. The van der Waals surface area contributed by atoms with Crippen molar-refractivity contribution in [2.24, 2.45) is 0 Å². The maximum atomic E-state index is 9.85. The van der Waals surface area contributed by atoms with E-state index in [1.807, 2.05) is 43.3 Å². The number of ether oxygens (including phenoxy) is 1. The van der Waals surface area contributed by atoms with Crippen LogP contribution in [-0.2, 0) is 9.53 Å². The van der Waals surface area contributed by atoms with E-state index < -0.39 is 0 Å². The molecule has 0 bridgehead atoms. The van der Waals surface area contributed by atoms with Crippen LogP contribution in [-0.4, -0.2) is 6.47 Å². The number of rotatable bonds is 4. The van der Waals surface area contributed by atoms with Crippen LogP contribution in [0.3, 0.4) is 0 Å². The molecular formula is C12H12O2. The van der Waals surface area contributed by atoms with E-state index in [0.29, 0.717) is 6.47 Å². The summed E-state index contributed by atoms with van der Waals surface area (Å²) in [4.78, 5) is 9.85. The van der Waals surface area contributed by atoms with Crippen molar-refractivity contribution >= 4 is 18.6 Å². The van der Waals surface area contributed by atoms with Gasteiger partial charge >= 0.3 is 0 Å². The summed E-state index contributed by atoms with van der Waals surface area (Å²) in [5.74, 6) is 0. The molecule has 14 heavy (non-hydrogen) atoms. The number of carbonyl (C=O) groups is 1. The lowest BCUT2D eigenvalue weighted by Gasteiger charge is -1.94. The van der Waals surface area contributed by atoms with E-state index >= 15 is 0 Å². The summed E-state index contributed by atoms with van der Waals surface area (Å²) in [6.45, 7) is 2.37. The molecule has 1 aromatic carbocycles. The highest BCUT2D eigenvalue weighted by atomic mass is 16.5. The molecule has 0 aliphatic rings. The molecule has 0 N–H and O–H groups in total. The van der Waals surface area contributed by atoms with Gasteiger partial charge in [-0.3, -0.25) is 4.79 Å². The largest absolute Gasteiger partial charge is 0.437 e. The van der Waals surface area contributed by atoms with Crippen molar-refractivity contribution in [3.8, 4) is 0 Å². The van der Waals surface area contributed by atoms with Crippen molar-refractivity contribution in [1.82, 2.24) is 0 Å². The summed E-state index contributed by atoms with van der Waals surface area (Å²) in [6.07, 6.45) is 7.10. The zero-order valence-corrected chi connectivity index (χ0v) is 8.01. The molecule has 1 aromatic rings. The Bertz CT molecular complexity index is 334. The van der Waals surface area contributed by atoms with Gasteiger partial charge in [0.1, 0.15) is 0 Å². The van der Waals surface area contributed by atoms with Crippen molar-refractivity contribution in [3.63, 3.8) is 0 Å². The first-order valence-corrected chi connectivity index (χ1v) is 4.35. The standard InChI is InChI=1S/C12H12O2/c1-2-3-11-4-6-12(7-5-11)8-9-14-10-13/h2-10H,1H3/b3-2+,9-8+. The molecule has 0 radical (unpaired) electrons. The fraction of sp³-hybridized carbons (Fsp3) is 0.0833. The second-order valence-corrected chi connectivity index (χ2v) is 2.70. The normalized spacial score (nSPS) is 10.9. The molecule has 0 aliphatic carbocycles. The van der Waals surface area contributed by atoms with Crippen LogP contribution in [0.25, 0.3) is 12.2 Å². The van der Waals surface area contributed by atoms with Crippen LogP contribution >= 0.6 is 0 Å². The van der Waals surface area contributed by atoms with Gasteiger partial charge in [0.2, 0.25) is 0 Å². The van der Waals surface area contributed by atoms with Gasteiger partial charge in [0.25, 0.3) is 6.47 Å². The molecule has 0 saturated carbocycles. The predicted octanol–water partition coefficient (Wildman–Crippen LogP) is 2.86. The molecule has 0 saturated heterocycles. The van der Waals surface area contributed by atoms with E-state index in [4.69, 9.17) is 0 Å². The Labute approximate surface area is 83.5 Å². The second-order valence-electron chi connectivity index (χ2n) is 2.70. The minimum atomic E-state index is 0.394. The highest BCUT2D eigenvalue weighted by Crippen LogP contribution is 2.07. The lowest BCUT2D eigenvalue weighted by atomic mass is 10.1. The predicted molar refractivity (Wildman–Crippen MR) is 57.3 cm³/mol. The molecule has 2 heteroatoms. The van der Waals surface area contributed by atoms with Crippen LogP contribution in [0, 0.1) is 0 Å². The van der Waals surface area contributed by atoms with Crippen molar-refractivity contribution in [1.29, 1.82) is 0 Å². The SMILES string of the molecule is C/C=C/c1ccc(/C=C/OC=O)cc1. The van der Waals surface area contributed by atoms with Crippen LogP contribution in [0.2, 0.25) is 0 Å². The fourth-order valence-electron chi connectivity index (χ4n) is 1.06. The Hall–Kier alpha value is -1.83. The Kier molecular flexibility index (Phi) is 4.21. The van der Waals surface area contributed by atoms with Gasteiger partial charge in [0.05, 0.1) is 6.26 Å². The average molecular weight is 188 g/mol. The number of benzene rings is 1. The zero-order valence-electron chi connectivity index (χ0n) is 8.01. The van der Waals surface area contributed by atoms with Gasteiger partial charge in [-0.2, -0.15) is 0 Å². The molecule has 0 amide bonds. The van der Waals surface area contributed by atoms with Gasteiger partial charge in [-0.05, 0) is 24.1 Å². The summed E-state index contributed by atoms with van der Waals surface area (Å²) in [6, 6.07) is 7.92. The van der Waals surface area contributed by atoms with Gasteiger partial charge in [-0.25, -0.2) is 0 Å². The van der Waals surface area contributed by atoms with Crippen LogP contribution < -0.4 is 0 Å². The van der Waals surface area contributed by atoms with Crippen molar-refractivity contribution < 1.29 is 9.53 Å². The highest BCUT2D eigenvalue weighted by Gasteiger charge is 1.87. The molecule has 0 unspecified atom stereocenters. The average Bonchev–Trinajstić information content (AvgIpc) is 2.21. The topological polar surface area (TPSA) is 26.3 Å². The molecule has 1 rings (SSSR count). The summed E-state index contributed by atoms with van der Waals surface area (Å²) >= 11 is 0. The maximum Gasteiger partial charge on any atom is 0.297 e. The number of hydrogen-bond acceptors (Lipinski definition) is 2. The minimum Gasteiger partial charge on any atom is -0.437 e. The first kappa shape index (κ1) is 10.3. The second kappa shape index (κ2) is 5.75. The van der Waals surface area contributed by atoms with Crippen molar-refractivity contribution in [2.45, 2.75) is 6.92 Å². The summed E-state index contributed by atoms with van der Waals surface area (Å²) < 4.78 is 4.44. The van der Waals surface area contributed by atoms with Gasteiger partial charge in [0.15, 0.2) is 0 Å². The zero-order chi connectivity index (χ0) is 10.2. The van der Waals surface area contributed by atoms with Gasteiger partial charge in [-0.1, -0.05) is 36.4 Å². The Balaban J connectivity index is 2.68. The third-order valence-electron chi connectivity index (χ3n) is 1.69. The smallest absolute Gasteiger partial charge is 0.297 e. The molecule has 0 aromatic heterocycles. The molecule has 0 heterocycles. The minimum absolute atomic E-state index is 0.394. The van der Waals surface area contributed by atoms with Gasteiger partial charge in [-0.15, -0.1) is 0 Å². The summed E-state index contributed by atoms with van der Waals surface area (Å²) in [5.41, 5.74) is 2.15. The molecular weight excluding hydrogens is 176 g/mol. The van der Waals surface area contributed by atoms with E-state index in [1.54, 1.807) is 6.08 Å². The third kappa shape index (κ3) is 3.27. The van der Waals surface area contributed by atoms with Crippen molar-refractivity contribution in [2.75, 3.05) is 0 Å². The number of hydrogen-bond donors (Lipinski definition) is 0. The Morgan fingerprint density at radius 1 is 1.07 bits per heavy atom. The van der Waals surface area contributed by atoms with E-state index in [1.165, 1.54) is 6.26 Å². The molecule has 0 aliphatic heterocycles. The molecule has 72 valence electrons. The quantitative estimate of drug-likeness (QED) is 0.536. The van der Waals surface area contributed by atoms with Crippen LogP contribution in [0.4, 0.5) is 0 Å². The Morgan fingerprint density at radius 2 is 1.64 bits per heavy atom. The van der Waals surface area contributed by atoms with E-state index in [9.17, 15) is 4.79 Å². The molecule has 0 fully saturated rings. The van der Waals surface area contributed by atoms with Crippen LogP contribution in [0.1, 0.15) is 18.1 Å². The fourth-order valence-corrected chi connectivity index (χ4v) is 1.06. The summed E-state index contributed by atoms with van der Waals surface area (Å²) in [7, 11) is 0. The van der Waals surface area contributed by atoms with Crippen LogP contribution in [0.5, 0.6) is 0 Å². The Morgan fingerprint density at radius 3 is 2.14 bits per heavy atom. The molecule has 0 spiro atoms. The van der Waals surface area contributed by atoms with Crippen LogP contribution in [0.15, 0.2) is 36.6 Å². The lowest BCUT2D eigenvalue weighted by Crippen LogP contribution is -1.76. The highest BCUT2D eigenvalue weighted by molar-refractivity contribution is 5.55. The molecule has 2 nitrogen and oxygen atoms in total. The lowest BCUT2D eigenvalue weighted by molar-refractivity contribution is -0.123.